The zero-order valence-corrected chi connectivity index (χ0v) is 7.98. The molecule has 0 amide bonds. The molecule has 0 N–H and O–H groups in total. The van der Waals surface area contributed by atoms with Crippen LogP contribution in [0.15, 0.2) is 0 Å². The number of aldehydes is 1. The van der Waals surface area contributed by atoms with Crippen molar-refractivity contribution in [2.24, 2.45) is 0 Å². The summed E-state index contributed by atoms with van der Waals surface area (Å²) in [6.45, 7) is 0. The van der Waals surface area contributed by atoms with Crippen LogP contribution in [0.1, 0.15) is 32.1 Å². The Morgan fingerprint density at radius 2 is 1.57 bits per heavy atom. The second-order valence-corrected chi connectivity index (χ2v) is 4.32. The molecular formula is C10H14O4. The number of hydrogen-bond donors (Lipinski definition) is 0. The van der Waals surface area contributed by atoms with Crippen LogP contribution in [0.25, 0.3) is 0 Å². The predicted octanol–water partition coefficient (Wildman–Crippen LogP) is 0.986. The lowest BCUT2D eigenvalue weighted by molar-refractivity contribution is -0.494. The van der Waals surface area contributed by atoms with E-state index >= 15 is 0 Å². The van der Waals surface area contributed by atoms with Gasteiger partial charge in [0.1, 0.15) is 6.29 Å². The van der Waals surface area contributed by atoms with E-state index in [0.29, 0.717) is 12.8 Å². The lowest BCUT2D eigenvalue weighted by Gasteiger charge is -2.55. The van der Waals surface area contributed by atoms with Crippen LogP contribution in [0.2, 0.25) is 0 Å². The molecule has 4 fully saturated rings. The van der Waals surface area contributed by atoms with Gasteiger partial charge in [-0.25, -0.2) is 0 Å². The first-order valence-corrected chi connectivity index (χ1v) is 5.27. The number of ether oxygens (including phenoxy) is 3. The van der Waals surface area contributed by atoms with Gasteiger partial charge in [0.15, 0.2) is 0 Å². The van der Waals surface area contributed by atoms with Crippen molar-refractivity contribution in [2.75, 3.05) is 0 Å². The van der Waals surface area contributed by atoms with Gasteiger partial charge in [-0.2, -0.15) is 0 Å². The molecule has 78 valence electrons. The van der Waals surface area contributed by atoms with Crippen LogP contribution in [0, 0.1) is 0 Å². The number of carbonyl (C=O) groups excluding carboxylic acids is 1. The molecule has 3 heterocycles. The van der Waals surface area contributed by atoms with Gasteiger partial charge < -0.3 is 19.0 Å². The van der Waals surface area contributed by atoms with E-state index in [-0.39, 0.29) is 18.3 Å². The lowest BCUT2D eigenvalue weighted by atomic mass is 9.89. The number of rotatable bonds is 3. The summed E-state index contributed by atoms with van der Waals surface area (Å²) >= 11 is 0. The monoisotopic (exact) mass is 198 g/mol. The number of carbonyl (C=O) groups is 1. The standard InChI is InChI=1S/C10H14O4/c11-3-1-2-10-12-7-4-8(13-10)6-9(5-7)14-10/h3,7-9H,1-2,4-6H2. The summed E-state index contributed by atoms with van der Waals surface area (Å²) in [5, 5.41) is 0. The molecule has 0 aromatic carbocycles. The van der Waals surface area contributed by atoms with E-state index < -0.39 is 5.97 Å². The first kappa shape index (κ1) is 8.83. The van der Waals surface area contributed by atoms with Gasteiger partial charge in [0.05, 0.1) is 18.3 Å². The van der Waals surface area contributed by atoms with E-state index in [4.69, 9.17) is 14.2 Å². The van der Waals surface area contributed by atoms with Crippen molar-refractivity contribution in [2.45, 2.75) is 56.4 Å². The van der Waals surface area contributed by atoms with Crippen LogP contribution in [0.5, 0.6) is 0 Å². The Morgan fingerprint density at radius 1 is 1.07 bits per heavy atom. The van der Waals surface area contributed by atoms with E-state index in [1.54, 1.807) is 0 Å². The minimum Gasteiger partial charge on any atom is -0.324 e. The summed E-state index contributed by atoms with van der Waals surface area (Å²) in [4.78, 5) is 10.3. The Balaban J connectivity index is 1.77. The van der Waals surface area contributed by atoms with Gasteiger partial charge >= 0.3 is 0 Å². The fourth-order valence-electron chi connectivity index (χ4n) is 2.71. The average Bonchev–Trinajstić information content (AvgIpc) is 2.12. The largest absolute Gasteiger partial charge is 0.324 e. The quantitative estimate of drug-likeness (QED) is 0.634. The first-order valence-electron chi connectivity index (χ1n) is 5.27. The van der Waals surface area contributed by atoms with Gasteiger partial charge in [0.25, 0.3) is 5.97 Å². The van der Waals surface area contributed by atoms with Crippen molar-refractivity contribution in [3.8, 4) is 0 Å². The zero-order chi connectivity index (χ0) is 9.60. The fourth-order valence-corrected chi connectivity index (χ4v) is 2.71. The van der Waals surface area contributed by atoms with Gasteiger partial charge in [-0.1, -0.05) is 0 Å². The average molecular weight is 198 g/mol. The van der Waals surface area contributed by atoms with E-state index in [9.17, 15) is 4.79 Å². The van der Waals surface area contributed by atoms with Gasteiger partial charge in [0.2, 0.25) is 0 Å². The van der Waals surface area contributed by atoms with Crippen molar-refractivity contribution in [1.29, 1.82) is 0 Å². The number of hydrogen-bond acceptors (Lipinski definition) is 4. The van der Waals surface area contributed by atoms with Crippen molar-refractivity contribution in [3.63, 3.8) is 0 Å². The molecule has 4 rings (SSSR count). The molecule has 3 aliphatic heterocycles. The molecule has 14 heavy (non-hydrogen) atoms. The molecule has 0 radical (unpaired) electrons. The van der Waals surface area contributed by atoms with Crippen molar-refractivity contribution in [3.05, 3.63) is 0 Å². The first-order chi connectivity index (χ1) is 6.80. The summed E-state index contributed by atoms with van der Waals surface area (Å²) < 4.78 is 17.1. The minimum atomic E-state index is -0.879. The Morgan fingerprint density at radius 3 is 2.00 bits per heavy atom. The second-order valence-electron chi connectivity index (χ2n) is 4.32. The SMILES string of the molecule is O=CCCC12OC3CC(CC(C3)O1)O2. The normalized spacial score (nSPS) is 49.6. The van der Waals surface area contributed by atoms with Crippen molar-refractivity contribution in [1.82, 2.24) is 0 Å². The molecule has 0 unspecified atom stereocenters. The third-order valence-corrected chi connectivity index (χ3v) is 3.18. The second kappa shape index (κ2) is 3.02. The maximum Gasteiger partial charge on any atom is 0.284 e. The van der Waals surface area contributed by atoms with Crippen LogP contribution in [-0.4, -0.2) is 30.6 Å². The Bertz CT molecular complexity index is 215. The highest BCUT2D eigenvalue weighted by molar-refractivity contribution is 5.49. The van der Waals surface area contributed by atoms with E-state index in [1.807, 2.05) is 0 Å². The Hall–Kier alpha value is -0.450. The zero-order valence-electron chi connectivity index (χ0n) is 7.98. The summed E-state index contributed by atoms with van der Waals surface area (Å²) in [5.41, 5.74) is 0. The molecule has 4 nitrogen and oxygen atoms in total. The molecule has 0 aromatic rings. The smallest absolute Gasteiger partial charge is 0.284 e. The molecule has 1 aliphatic carbocycles. The van der Waals surface area contributed by atoms with Crippen LogP contribution >= 0.6 is 0 Å². The minimum absolute atomic E-state index is 0.285. The van der Waals surface area contributed by atoms with Crippen molar-refractivity contribution < 1.29 is 19.0 Å². The van der Waals surface area contributed by atoms with Crippen LogP contribution < -0.4 is 0 Å². The predicted molar refractivity (Wildman–Crippen MR) is 46.5 cm³/mol. The molecule has 4 aliphatic rings. The third-order valence-electron chi connectivity index (χ3n) is 3.18. The fraction of sp³-hybridized carbons (Fsp3) is 0.900. The Labute approximate surface area is 82.5 Å². The molecular weight excluding hydrogens is 184 g/mol. The van der Waals surface area contributed by atoms with Gasteiger partial charge in [-0.15, -0.1) is 0 Å². The maximum atomic E-state index is 10.3. The molecule has 4 heteroatoms. The molecule has 4 bridgehead atoms. The maximum absolute atomic E-state index is 10.3. The lowest BCUT2D eigenvalue weighted by Crippen LogP contribution is -2.62. The molecule has 0 spiro atoms. The highest BCUT2D eigenvalue weighted by atomic mass is 16.9. The molecule has 3 saturated heterocycles. The van der Waals surface area contributed by atoms with Crippen LogP contribution in [0.4, 0.5) is 0 Å². The summed E-state index contributed by atoms with van der Waals surface area (Å²) in [6, 6.07) is 0. The molecule has 0 atom stereocenters. The molecule has 0 aromatic heterocycles. The summed E-state index contributed by atoms with van der Waals surface area (Å²) in [7, 11) is 0. The van der Waals surface area contributed by atoms with Crippen LogP contribution in [-0.2, 0) is 19.0 Å². The highest BCUT2D eigenvalue weighted by Crippen LogP contribution is 2.46. The topological polar surface area (TPSA) is 44.8 Å². The molecule has 1 saturated carbocycles. The van der Waals surface area contributed by atoms with E-state index in [0.717, 1.165) is 25.5 Å². The highest BCUT2D eigenvalue weighted by Gasteiger charge is 2.54. The van der Waals surface area contributed by atoms with E-state index in [1.165, 1.54) is 0 Å². The van der Waals surface area contributed by atoms with Gasteiger partial charge in [-0.05, 0) is 0 Å². The summed E-state index contributed by atoms with van der Waals surface area (Å²) in [5.74, 6) is -0.879. The third kappa shape index (κ3) is 1.29. The van der Waals surface area contributed by atoms with Gasteiger partial charge in [-0.3, -0.25) is 0 Å². The van der Waals surface area contributed by atoms with Gasteiger partial charge in [0, 0.05) is 32.1 Å². The van der Waals surface area contributed by atoms with Crippen LogP contribution in [0.3, 0.4) is 0 Å². The van der Waals surface area contributed by atoms with Crippen molar-refractivity contribution >= 4 is 6.29 Å². The summed E-state index contributed by atoms with van der Waals surface area (Å²) in [6.07, 6.45) is 5.67. The van der Waals surface area contributed by atoms with E-state index in [2.05, 4.69) is 0 Å². The Kier molecular flexibility index (Phi) is 1.90.